The first-order valence-electron chi connectivity index (χ1n) is 8.05. The van der Waals surface area contributed by atoms with Gasteiger partial charge in [-0.1, -0.05) is 6.42 Å². The topological polar surface area (TPSA) is 32.5 Å². The van der Waals surface area contributed by atoms with Crippen molar-refractivity contribution in [2.45, 2.75) is 57.0 Å². The number of nitrogens with zero attached hydrogens (tertiary/aromatic N) is 2. The van der Waals surface area contributed by atoms with Crippen molar-refractivity contribution in [3.8, 4) is 0 Å². The van der Waals surface area contributed by atoms with Crippen LogP contribution < -0.4 is 5.73 Å². The predicted molar refractivity (Wildman–Crippen MR) is 75.6 cm³/mol. The number of rotatable bonds is 5. The molecule has 0 radical (unpaired) electrons. The van der Waals surface area contributed by atoms with Gasteiger partial charge in [0.15, 0.2) is 0 Å². The van der Waals surface area contributed by atoms with E-state index in [0.29, 0.717) is 6.04 Å². The average molecular weight is 251 g/mol. The van der Waals surface area contributed by atoms with E-state index in [4.69, 9.17) is 5.73 Å². The Labute approximate surface area is 112 Å². The first kappa shape index (κ1) is 12.9. The third kappa shape index (κ3) is 3.25. The number of hydrogen-bond acceptors (Lipinski definition) is 3. The standard InChI is InChI=1S/C15H29N3/c16-15(13-4-5-13)7-11-17-10-6-14(12-17)18-8-2-1-3-9-18/h13-15H,1-12,16H2. The summed E-state index contributed by atoms with van der Waals surface area (Å²) in [5, 5.41) is 0. The van der Waals surface area contributed by atoms with Gasteiger partial charge in [0, 0.05) is 18.6 Å². The van der Waals surface area contributed by atoms with Crippen LogP contribution >= 0.6 is 0 Å². The maximum atomic E-state index is 6.20. The van der Waals surface area contributed by atoms with Gasteiger partial charge in [-0.2, -0.15) is 0 Å². The summed E-state index contributed by atoms with van der Waals surface area (Å²) in [6, 6.07) is 1.33. The van der Waals surface area contributed by atoms with E-state index in [0.717, 1.165) is 12.0 Å². The summed E-state index contributed by atoms with van der Waals surface area (Å²) >= 11 is 0. The molecule has 2 atom stereocenters. The molecule has 3 aliphatic rings. The first-order chi connectivity index (χ1) is 8.83. The molecule has 1 aliphatic carbocycles. The van der Waals surface area contributed by atoms with Crippen LogP contribution in [0.5, 0.6) is 0 Å². The Bertz CT molecular complexity index is 258. The van der Waals surface area contributed by atoms with Gasteiger partial charge in [-0.25, -0.2) is 0 Å². The molecule has 3 rings (SSSR count). The molecule has 104 valence electrons. The van der Waals surface area contributed by atoms with Gasteiger partial charge in [0.1, 0.15) is 0 Å². The summed E-state index contributed by atoms with van der Waals surface area (Å²) in [7, 11) is 0. The largest absolute Gasteiger partial charge is 0.327 e. The maximum Gasteiger partial charge on any atom is 0.0235 e. The van der Waals surface area contributed by atoms with Gasteiger partial charge in [-0.05, 0) is 70.6 Å². The number of likely N-dealkylation sites (tertiary alicyclic amines) is 2. The van der Waals surface area contributed by atoms with Crippen LogP contribution in [0, 0.1) is 5.92 Å². The molecule has 18 heavy (non-hydrogen) atoms. The quantitative estimate of drug-likeness (QED) is 0.807. The van der Waals surface area contributed by atoms with Gasteiger partial charge in [0.05, 0.1) is 0 Å². The lowest BCUT2D eigenvalue weighted by atomic mass is 10.1. The zero-order chi connectivity index (χ0) is 12.4. The summed E-state index contributed by atoms with van der Waals surface area (Å²) in [6.45, 7) is 6.54. The Morgan fingerprint density at radius 2 is 1.78 bits per heavy atom. The second kappa shape index (κ2) is 5.89. The fraction of sp³-hybridized carbons (Fsp3) is 1.00. The molecule has 0 spiro atoms. The molecule has 3 heteroatoms. The van der Waals surface area contributed by atoms with E-state index in [1.165, 1.54) is 77.7 Å². The smallest absolute Gasteiger partial charge is 0.0235 e. The normalized spacial score (nSPS) is 32.8. The molecular weight excluding hydrogens is 222 g/mol. The van der Waals surface area contributed by atoms with Crippen LogP contribution in [0.3, 0.4) is 0 Å². The molecule has 2 N–H and O–H groups in total. The minimum Gasteiger partial charge on any atom is -0.327 e. The van der Waals surface area contributed by atoms with E-state index in [1.807, 2.05) is 0 Å². The predicted octanol–water partition coefficient (Wildman–Crippen LogP) is 1.67. The molecule has 0 aromatic heterocycles. The molecule has 3 nitrogen and oxygen atoms in total. The molecule has 2 aliphatic heterocycles. The van der Waals surface area contributed by atoms with Crippen LogP contribution in [0.1, 0.15) is 44.9 Å². The fourth-order valence-electron chi connectivity index (χ4n) is 3.69. The zero-order valence-electron chi connectivity index (χ0n) is 11.7. The van der Waals surface area contributed by atoms with Crippen LogP contribution in [0.15, 0.2) is 0 Å². The molecular formula is C15H29N3. The average Bonchev–Trinajstić information content (AvgIpc) is 3.16. The Morgan fingerprint density at radius 1 is 1.00 bits per heavy atom. The Hall–Kier alpha value is -0.120. The zero-order valence-corrected chi connectivity index (χ0v) is 11.7. The summed E-state index contributed by atoms with van der Waals surface area (Å²) in [5.41, 5.74) is 6.20. The van der Waals surface area contributed by atoms with Crippen molar-refractivity contribution in [3.63, 3.8) is 0 Å². The van der Waals surface area contributed by atoms with Gasteiger partial charge < -0.3 is 10.6 Å². The van der Waals surface area contributed by atoms with E-state index >= 15 is 0 Å². The van der Waals surface area contributed by atoms with E-state index in [1.54, 1.807) is 0 Å². The SMILES string of the molecule is NC(CCN1CCC(N2CCCCC2)C1)C1CC1. The lowest BCUT2D eigenvalue weighted by Crippen LogP contribution is -2.41. The first-order valence-corrected chi connectivity index (χ1v) is 8.05. The molecule has 3 fully saturated rings. The van der Waals surface area contributed by atoms with Gasteiger partial charge in [-0.3, -0.25) is 4.90 Å². The Morgan fingerprint density at radius 3 is 2.50 bits per heavy atom. The number of nitrogens with two attached hydrogens (primary N) is 1. The highest BCUT2D eigenvalue weighted by molar-refractivity contribution is 4.88. The monoisotopic (exact) mass is 251 g/mol. The third-order valence-corrected chi connectivity index (χ3v) is 5.16. The van der Waals surface area contributed by atoms with Gasteiger partial charge >= 0.3 is 0 Å². The molecule has 2 unspecified atom stereocenters. The highest BCUT2D eigenvalue weighted by Crippen LogP contribution is 2.33. The van der Waals surface area contributed by atoms with Crippen molar-refractivity contribution >= 4 is 0 Å². The lowest BCUT2D eigenvalue weighted by Gasteiger charge is -2.32. The molecule has 2 saturated heterocycles. The van der Waals surface area contributed by atoms with E-state index in [-0.39, 0.29) is 0 Å². The van der Waals surface area contributed by atoms with Crippen molar-refractivity contribution < 1.29 is 0 Å². The van der Waals surface area contributed by atoms with Gasteiger partial charge in [-0.15, -0.1) is 0 Å². The van der Waals surface area contributed by atoms with Crippen LogP contribution in [0.2, 0.25) is 0 Å². The highest BCUT2D eigenvalue weighted by atomic mass is 15.3. The minimum atomic E-state index is 0.485. The molecule has 0 aromatic carbocycles. The molecule has 1 saturated carbocycles. The van der Waals surface area contributed by atoms with E-state index < -0.39 is 0 Å². The Kier molecular flexibility index (Phi) is 4.22. The van der Waals surface area contributed by atoms with Crippen LogP contribution in [-0.2, 0) is 0 Å². The van der Waals surface area contributed by atoms with Crippen molar-refractivity contribution in [1.29, 1.82) is 0 Å². The van der Waals surface area contributed by atoms with Crippen molar-refractivity contribution in [1.82, 2.24) is 9.80 Å². The van der Waals surface area contributed by atoms with Crippen molar-refractivity contribution in [2.75, 3.05) is 32.7 Å². The lowest BCUT2D eigenvalue weighted by molar-refractivity contribution is 0.161. The molecule has 2 heterocycles. The van der Waals surface area contributed by atoms with E-state index in [2.05, 4.69) is 9.80 Å². The summed E-state index contributed by atoms with van der Waals surface area (Å²) in [5.74, 6) is 0.866. The second-order valence-corrected chi connectivity index (χ2v) is 6.63. The fourth-order valence-corrected chi connectivity index (χ4v) is 3.69. The number of hydrogen-bond donors (Lipinski definition) is 1. The summed E-state index contributed by atoms with van der Waals surface area (Å²) in [6.07, 6.45) is 9.67. The molecule has 0 aromatic rings. The van der Waals surface area contributed by atoms with Gasteiger partial charge in [0.25, 0.3) is 0 Å². The third-order valence-electron chi connectivity index (χ3n) is 5.16. The van der Waals surface area contributed by atoms with Crippen LogP contribution in [-0.4, -0.2) is 54.6 Å². The van der Waals surface area contributed by atoms with Crippen molar-refractivity contribution in [2.24, 2.45) is 11.7 Å². The highest BCUT2D eigenvalue weighted by Gasteiger charge is 2.31. The van der Waals surface area contributed by atoms with Crippen molar-refractivity contribution in [3.05, 3.63) is 0 Å². The van der Waals surface area contributed by atoms with Crippen LogP contribution in [0.4, 0.5) is 0 Å². The molecule has 0 bridgehead atoms. The Balaban J connectivity index is 1.37. The molecule has 0 amide bonds. The van der Waals surface area contributed by atoms with Crippen LogP contribution in [0.25, 0.3) is 0 Å². The van der Waals surface area contributed by atoms with E-state index in [9.17, 15) is 0 Å². The summed E-state index contributed by atoms with van der Waals surface area (Å²) in [4.78, 5) is 5.39. The maximum absolute atomic E-state index is 6.20. The minimum absolute atomic E-state index is 0.485. The summed E-state index contributed by atoms with van der Waals surface area (Å²) < 4.78 is 0. The van der Waals surface area contributed by atoms with Gasteiger partial charge in [0.2, 0.25) is 0 Å². The number of piperidine rings is 1. The second-order valence-electron chi connectivity index (χ2n) is 6.63.